The summed E-state index contributed by atoms with van der Waals surface area (Å²) in [6.07, 6.45) is 6.64. The van der Waals surface area contributed by atoms with Gasteiger partial charge < -0.3 is 4.52 Å². The van der Waals surface area contributed by atoms with Crippen molar-refractivity contribution in [3.63, 3.8) is 0 Å². The van der Waals surface area contributed by atoms with Gasteiger partial charge in [-0.05, 0) is 12.8 Å². The molecule has 0 N–H and O–H groups in total. The van der Waals surface area contributed by atoms with Gasteiger partial charge in [-0.3, -0.25) is 9.69 Å². The minimum atomic E-state index is 0.436. The summed E-state index contributed by atoms with van der Waals surface area (Å²) in [4.78, 5) is 14.0. The van der Waals surface area contributed by atoms with Crippen molar-refractivity contribution < 1.29 is 9.32 Å². The Morgan fingerprint density at radius 3 is 2.75 bits per heavy atom. The molecule has 2 unspecified atom stereocenters. The molecule has 1 aromatic rings. The van der Waals surface area contributed by atoms with E-state index in [1.54, 1.807) is 6.26 Å². The van der Waals surface area contributed by atoms with Crippen LogP contribution < -0.4 is 0 Å². The minimum absolute atomic E-state index is 0.436. The SMILES string of the molecule is O=C1CC2CCCC(C1)N2Cc1ccon1. The molecule has 0 amide bonds. The second kappa shape index (κ2) is 4.01. The highest BCUT2D eigenvalue weighted by Crippen LogP contribution is 2.33. The number of fused-ring (bicyclic) bond motifs is 2. The molecule has 16 heavy (non-hydrogen) atoms. The van der Waals surface area contributed by atoms with Crippen LogP contribution >= 0.6 is 0 Å². The molecule has 0 aromatic carbocycles. The van der Waals surface area contributed by atoms with E-state index in [-0.39, 0.29) is 0 Å². The van der Waals surface area contributed by atoms with Crippen molar-refractivity contribution in [2.45, 2.75) is 50.7 Å². The summed E-state index contributed by atoms with van der Waals surface area (Å²) >= 11 is 0. The Hall–Kier alpha value is -1.16. The third kappa shape index (κ3) is 1.78. The third-order valence-corrected chi connectivity index (χ3v) is 3.78. The molecule has 0 aliphatic carbocycles. The Morgan fingerprint density at radius 1 is 1.38 bits per heavy atom. The largest absolute Gasteiger partial charge is 0.364 e. The first-order valence-corrected chi connectivity index (χ1v) is 5.99. The highest BCUT2D eigenvalue weighted by atomic mass is 16.5. The van der Waals surface area contributed by atoms with Crippen LogP contribution in [0, 0.1) is 0 Å². The summed E-state index contributed by atoms with van der Waals surface area (Å²) < 4.78 is 4.86. The van der Waals surface area contributed by atoms with Gasteiger partial charge in [0.15, 0.2) is 0 Å². The third-order valence-electron chi connectivity index (χ3n) is 3.78. The predicted molar refractivity (Wildman–Crippen MR) is 57.7 cm³/mol. The first kappa shape index (κ1) is 10.0. The zero-order valence-corrected chi connectivity index (χ0v) is 9.26. The van der Waals surface area contributed by atoms with Crippen molar-refractivity contribution >= 4 is 5.78 Å². The van der Waals surface area contributed by atoms with E-state index in [2.05, 4.69) is 10.1 Å². The number of Topliss-reactive ketones (excluding diaryl/α,β-unsaturated/α-hetero) is 1. The number of carbonyl (C=O) groups excluding carboxylic acids is 1. The van der Waals surface area contributed by atoms with Crippen LogP contribution in [0.3, 0.4) is 0 Å². The lowest BCUT2D eigenvalue weighted by Gasteiger charge is -2.45. The van der Waals surface area contributed by atoms with Crippen molar-refractivity contribution in [3.05, 3.63) is 18.0 Å². The first-order valence-electron chi connectivity index (χ1n) is 5.99. The fourth-order valence-corrected chi connectivity index (χ4v) is 3.03. The fraction of sp³-hybridized carbons (Fsp3) is 0.667. The van der Waals surface area contributed by atoms with E-state index in [9.17, 15) is 4.79 Å². The van der Waals surface area contributed by atoms with Gasteiger partial charge in [0, 0.05) is 37.5 Å². The summed E-state index contributed by atoms with van der Waals surface area (Å²) in [6.45, 7) is 0.832. The van der Waals surface area contributed by atoms with Crippen molar-refractivity contribution in [2.75, 3.05) is 0 Å². The molecular weight excluding hydrogens is 204 g/mol. The van der Waals surface area contributed by atoms with E-state index in [1.807, 2.05) is 6.07 Å². The lowest BCUT2D eigenvalue weighted by molar-refractivity contribution is -0.127. The molecule has 3 heterocycles. The Bertz CT molecular complexity index is 358. The van der Waals surface area contributed by atoms with Gasteiger partial charge in [-0.15, -0.1) is 0 Å². The molecule has 0 radical (unpaired) electrons. The van der Waals surface area contributed by atoms with Crippen molar-refractivity contribution in [3.8, 4) is 0 Å². The molecule has 4 nitrogen and oxygen atoms in total. The number of nitrogens with zero attached hydrogens (tertiary/aromatic N) is 2. The van der Waals surface area contributed by atoms with Crippen LogP contribution in [0.2, 0.25) is 0 Å². The lowest BCUT2D eigenvalue weighted by Crippen LogP contribution is -2.51. The minimum Gasteiger partial charge on any atom is -0.364 e. The number of hydrogen-bond acceptors (Lipinski definition) is 4. The second-order valence-electron chi connectivity index (χ2n) is 4.85. The fourth-order valence-electron chi connectivity index (χ4n) is 3.03. The maximum atomic E-state index is 11.6. The van der Waals surface area contributed by atoms with Crippen molar-refractivity contribution in [2.24, 2.45) is 0 Å². The average Bonchev–Trinajstić information content (AvgIpc) is 2.72. The monoisotopic (exact) mass is 220 g/mol. The van der Waals surface area contributed by atoms with Gasteiger partial charge in [-0.1, -0.05) is 11.6 Å². The smallest absolute Gasteiger partial charge is 0.136 e. The number of rotatable bonds is 2. The number of hydrogen-bond donors (Lipinski definition) is 0. The number of aromatic nitrogens is 1. The van der Waals surface area contributed by atoms with Gasteiger partial charge in [0.25, 0.3) is 0 Å². The summed E-state index contributed by atoms with van der Waals surface area (Å²) in [7, 11) is 0. The standard InChI is InChI=1S/C12H16N2O2/c15-12-6-10-2-1-3-11(7-12)14(10)8-9-4-5-16-13-9/h4-5,10-11H,1-3,6-8H2. The zero-order chi connectivity index (χ0) is 11.0. The van der Waals surface area contributed by atoms with Gasteiger partial charge in [-0.2, -0.15) is 0 Å². The highest BCUT2D eigenvalue weighted by Gasteiger charge is 2.37. The van der Waals surface area contributed by atoms with E-state index in [0.717, 1.165) is 37.9 Å². The molecule has 3 rings (SSSR count). The van der Waals surface area contributed by atoms with Gasteiger partial charge in [0.1, 0.15) is 12.0 Å². The van der Waals surface area contributed by atoms with E-state index < -0.39 is 0 Å². The van der Waals surface area contributed by atoms with E-state index in [1.165, 1.54) is 6.42 Å². The van der Waals surface area contributed by atoms with Crippen molar-refractivity contribution in [1.29, 1.82) is 0 Å². The van der Waals surface area contributed by atoms with E-state index >= 15 is 0 Å². The molecule has 2 aliphatic heterocycles. The predicted octanol–water partition coefficient (Wildman–Crippen LogP) is 1.76. The molecule has 2 aliphatic rings. The van der Waals surface area contributed by atoms with Gasteiger partial charge >= 0.3 is 0 Å². The molecule has 86 valence electrons. The maximum Gasteiger partial charge on any atom is 0.136 e. The van der Waals surface area contributed by atoms with Crippen LogP contribution in [0.15, 0.2) is 16.9 Å². The van der Waals surface area contributed by atoms with E-state index in [4.69, 9.17) is 4.52 Å². The first-order chi connectivity index (χ1) is 7.83. The van der Waals surface area contributed by atoms with Gasteiger partial charge in [0.05, 0.1) is 5.69 Å². The Balaban J connectivity index is 1.76. The molecule has 0 spiro atoms. The normalized spacial score (nSPS) is 30.6. The number of piperidine rings is 2. The van der Waals surface area contributed by atoms with Crippen LogP contribution in [0.4, 0.5) is 0 Å². The topological polar surface area (TPSA) is 46.3 Å². The van der Waals surface area contributed by atoms with Crippen LogP contribution in [0.5, 0.6) is 0 Å². The maximum absolute atomic E-state index is 11.6. The zero-order valence-electron chi connectivity index (χ0n) is 9.26. The molecule has 2 bridgehead atoms. The van der Waals surface area contributed by atoms with Gasteiger partial charge in [0.2, 0.25) is 0 Å². The van der Waals surface area contributed by atoms with Crippen LogP contribution in [-0.2, 0) is 11.3 Å². The Labute approximate surface area is 94.6 Å². The Kier molecular flexibility index (Phi) is 2.52. The van der Waals surface area contributed by atoms with Crippen molar-refractivity contribution in [1.82, 2.24) is 10.1 Å². The molecule has 2 saturated heterocycles. The lowest BCUT2D eigenvalue weighted by atomic mass is 9.84. The van der Waals surface area contributed by atoms with Crippen LogP contribution in [0.1, 0.15) is 37.8 Å². The molecule has 2 atom stereocenters. The molecule has 0 saturated carbocycles. The summed E-state index contributed by atoms with van der Waals surface area (Å²) in [5.74, 6) is 0.436. The average molecular weight is 220 g/mol. The summed E-state index contributed by atoms with van der Waals surface area (Å²) in [6, 6.07) is 2.79. The van der Waals surface area contributed by atoms with Crippen LogP contribution in [-0.4, -0.2) is 27.9 Å². The Morgan fingerprint density at radius 2 is 2.12 bits per heavy atom. The summed E-state index contributed by atoms with van der Waals surface area (Å²) in [5, 5.41) is 3.96. The van der Waals surface area contributed by atoms with Crippen LogP contribution in [0.25, 0.3) is 0 Å². The quantitative estimate of drug-likeness (QED) is 0.762. The number of ketones is 1. The highest BCUT2D eigenvalue weighted by molar-refractivity contribution is 5.80. The summed E-state index contributed by atoms with van der Waals surface area (Å²) in [5.41, 5.74) is 0.978. The van der Waals surface area contributed by atoms with Gasteiger partial charge in [-0.25, -0.2) is 0 Å². The molecule has 2 fully saturated rings. The number of carbonyl (C=O) groups is 1. The molecular formula is C12H16N2O2. The molecule has 4 heteroatoms. The molecule has 1 aromatic heterocycles. The second-order valence-corrected chi connectivity index (χ2v) is 4.85. The van der Waals surface area contributed by atoms with E-state index in [0.29, 0.717) is 17.9 Å².